The van der Waals surface area contributed by atoms with E-state index in [1.165, 1.54) is 66.6 Å². The van der Waals surface area contributed by atoms with Crippen molar-refractivity contribution in [2.75, 3.05) is 10.7 Å². The Balaban J connectivity index is 0.000000230. The minimum absolute atomic E-state index is 0.0425. The summed E-state index contributed by atoms with van der Waals surface area (Å²) in [4.78, 5) is 31.4. The van der Waals surface area contributed by atoms with E-state index >= 15 is 0 Å². The number of aromatic nitrogens is 5. The summed E-state index contributed by atoms with van der Waals surface area (Å²) in [5.74, 6) is -0.316. The predicted octanol–water partition coefficient (Wildman–Crippen LogP) is 6.66. The van der Waals surface area contributed by atoms with Crippen molar-refractivity contribution in [2.45, 2.75) is 51.6 Å². The molecule has 1 aliphatic rings. The van der Waals surface area contributed by atoms with E-state index < -0.39 is 41.1 Å². The van der Waals surface area contributed by atoms with Crippen LogP contribution in [0.5, 0.6) is 0 Å². The number of nitrogen functional groups attached to an aromatic ring is 1. The third-order valence-electron chi connectivity index (χ3n) is 6.58. The van der Waals surface area contributed by atoms with Gasteiger partial charge in [0.2, 0.25) is 0 Å². The number of hydrogen-bond acceptors (Lipinski definition) is 9. The molecular formula is C29H31F5N8O2S. The third-order valence-corrected chi connectivity index (χ3v) is 6.97. The summed E-state index contributed by atoms with van der Waals surface area (Å²) in [6, 6.07) is 4.56. The molecule has 0 bridgehead atoms. The molecule has 1 saturated carbocycles. The molecule has 3 heterocycles. The van der Waals surface area contributed by atoms with Crippen LogP contribution in [0.25, 0.3) is 22.2 Å². The normalized spacial score (nSPS) is 13.0. The standard InChI is InChI=1S/C18H16FN5O.C6H12.C5H3F4N3OS/c1-4-6-24(20-2)13-10-21-17(22-11-13)15-8-12-5-7-23(3)18(25)14(12)9-16(15)19;1-2-4-6-5-3-1;6-5(7,8)3-2(10)1-11-12(14-9)4(3)13/h4-11H,2H2,1,3H3;1-6H2;1H,10H2/b6-4-;;. The number of hydrogen-bond donors (Lipinski definition) is 1. The van der Waals surface area contributed by atoms with Crippen LogP contribution in [0.4, 0.5) is 32.8 Å². The molecule has 1 aliphatic carbocycles. The van der Waals surface area contributed by atoms with Crippen molar-refractivity contribution in [1.29, 1.82) is 0 Å². The van der Waals surface area contributed by atoms with Crippen LogP contribution in [-0.4, -0.2) is 30.4 Å². The van der Waals surface area contributed by atoms with E-state index in [4.69, 9.17) is 5.73 Å². The number of rotatable bonds is 5. The van der Waals surface area contributed by atoms with Gasteiger partial charge in [-0.15, -0.1) is 7.97 Å². The molecule has 2 N–H and O–H groups in total. The Bertz CT molecular complexity index is 1740. The third kappa shape index (κ3) is 8.97. The molecule has 0 unspecified atom stereocenters. The molecule has 0 saturated heterocycles. The van der Waals surface area contributed by atoms with Crippen molar-refractivity contribution in [3.8, 4) is 11.4 Å². The number of halogens is 5. The summed E-state index contributed by atoms with van der Waals surface area (Å²) in [6.07, 6.45) is 12.9. The first-order valence-corrected chi connectivity index (χ1v) is 14.3. The van der Waals surface area contributed by atoms with E-state index in [1.54, 1.807) is 37.7 Å². The smallest absolute Gasteiger partial charge is 0.397 e. The highest BCUT2D eigenvalue weighted by atomic mass is 32.2. The minimum Gasteiger partial charge on any atom is -0.397 e. The Kier molecular flexibility index (Phi) is 12.3. The molecule has 5 rings (SSSR count). The van der Waals surface area contributed by atoms with E-state index in [0.29, 0.717) is 22.7 Å². The fourth-order valence-corrected chi connectivity index (χ4v) is 4.55. The zero-order valence-corrected chi connectivity index (χ0v) is 25.3. The number of nitrogens with two attached hydrogens (primary N) is 1. The fourth-order valence-electron chi connectivity index (χ4n) is 4.31. The molecule has 0 aliphatic heterocycles. The lowest BCUT2D eigenvalue weighted by Crippen LogP contribution is -2.28. The maximum absolute atomic E-state index is 14.5. The number of benzene rings is 1. The van der Waals surface area contributed by atoms with Gasteiger partial charge < -0.3 is 10.3 Å². The van der Waals surface area contributed by atoms with Crippen LogP contribution in [-0.2, 0) is 13.2 Å². The van der Waals surface area contributed by atoms with Crippen LogP contribution in [0.1, 0.15) is 51.0 Å². The molecule has 1 fully saturated rings. The number of anilines is 2. The van der Waals surface area contributed by atoms with Gasteiger partial charge in [0.15, 0.2) is 18.2 Å². The second-order valence-corrected chi connectivity index (χ2v) is 10.2. The maximum atomic E-state index is 14.5. The Labute approximate surface area is 259 Å². The van der Waals surface area contributed by atoms with Crippen molar-refractivity contribution < 1.29 is 21.4 Å². The van der Waals surface area contributed by atoms with Crippen LogP contribution >= 0.6 is 12.3 Å². The van der Waals surface area contributed by atoms with Gasteiger partial charge >= 0.3 is 6.18 Å². The number of aryl methyl sites for hydroxylation is 1. The van der Waals surface area contributed by atoms with Crippen LogP contribution in [0.2, 0.25) is 0 Å². The van der Waals surface area contributed by atoms with Crippen molar-refractivity contribution >= 4 is 41.2 Å². The summed E-state index contributed by atoms with van der Waals surface area (Å²) in [5, 5.41) is 9.33. The van der Waals surface area contributed by atoms with Crippen LogP contribution in [0, 0.1) is 5.82 Å². The first-order valence-electron chi connectivity index (χ1n) is 13.7. The monoisotopic (exact) mass is 650 g/mol. The molecule has 0 radical (unpaired) electrons. The molecule has 3 aromatic heterocycles. The van der Waals surface area contributed by atoms with Gasteiger partial charge in [-0.2, -0.15) is 23.4 Å². The predicted molar refractivity (Wildman–Crippen MR) is 167 cm³/mol. The second kappa shape index (κ2) is 15.9. The highest BCUT2D eigenvalue weighted by Gasteiger charge is 2.37. The quantitative estimate of drug-likeness (QED) is 0.145. The first-order chi connectivity index (χ1) is 21.4. The molecule has 45 heavy (non-hydrogen) atoms. The zero-order chi connectivity index (χ0) is 33.1. The fraction of sp³-hybridized carbons (Fsp3) is 0.310. The summed E-state index contributed by atoms with van der Waals surface area (Å²) >= 11 is -0.728. The number of fused-ring (bicyclic) bond motifs is 1. The van der Waals surface area contributed by atoms with Gasteiger partial charge in [0.05, 0.1) is 35.2 Å². The molecule has 10 nitrogen and oxygen atoms in total. The Morgan fingerprint density at radius 3 is 2.16 bits per heavy atom. The zero-order valence-electron chi connectivity index (χ0n) is 24.5. The Hall–Kier alpha value is -4.60. The Morgan fingerprint density at radius 1 is 1.04 bits per heavy atom. The van der Waals surface area contributed by atoms with Crippen molar-refractivity contribution in [3.05, 3.63) is 87.4 Å². The number of nitrogens with zero attached hydrogens (tertiary/aromatic N) is 7. The van der Waals surface area contributed by atoms with Gasteiger partial charge in [-0.3, -0.25) is 9.59 Å². The highest BCUT2D eigenvalue weighted by molar-refractivity contribution is 7.92. The van der Waals surface area contributed by atoms with E-state index in [9.17, 15) is 31.0 Å². The van der Waals surface area contributed by atoms with Crippen LogP contribution < -0.4 is 21.9 Å². The van der Waals surface area contributed by atoms with E-state index in [-0.39, 0.29) is 21.0 Å². The average Bonchev–Trinajstić information content (AvgIpc) is 3.03. The van der Waals surface area contributed by atoms with Gasteiger partial charge in [0, 0.05) is 26.2 Å². The molecule has 1 aromatic carbocycles. The number of allylic oxidation sites excluding steroid dienone is 1. The minimum atomic E-state index is -4.92. The summed E-state index contributed by atoms with van der Waals surface area (Å²) in [6.45, 7) is 5.33. The highest BCUT2D eigenvalue weighted by Crippen LogP contribution is 2.30. The Morgan fingerprint density at radius 2 is 1.64 bits per heavy atom. The SMILES string of the molecule is C1CCCCC1.C=NN(/C=C\C)c1cnc(-c2cc3ccn(C)c(=O)c3cc2F)nc1.Nc1cnn(SF)c(=O)c1C(F)(F)F. The van der Waals surface area contributed by atoms with Crippen molar-refractivity contribution in [2.24, 2.45) is 12.1 Å². The average molecular weight is 651 g/mol. The second-order valence-electron chi connectivity index (χ2n) is 9.73. The molecule has 240 valence electrons. The maximum Gasteiger partial charge on any atom is 0.423 e. The van der Waals surface area contributed by atoms with Crippen LogP contribution in [0.3, 0.4) is 0 Å². The first kappa shape index (κ1) is 34.9. The number of pyridine rings is 1. The van der Waals surface area contributed by atoms with E-state index in [0.717, 1.165) is 0 Å². The number of alkyl halides is 3. The number of hydrazone groups is 1. The lowest BCUT2D eigenvalue weighted by molar-refractivity contribution is -0.138. The molecule has 0 atom stereocenters. The summed E-state index contributed by atoms with van der Waals surface area (Å²) in [7, 11) is 1.62. The van der Waals surface area contributed by atoms with Gasteiger partial charge in [-0.05, 0) is 30.5 Å². The largest absolute Gasteiger partial charge is 0.423 e. The van der Waals surface area contributed by atoms with Crippen molar-refractivity contribution in [1.82, 2.24) is 23.7 Å². The van der Waals surface area contributed by atoms with Crippen LogP contribution in [0.15, 0.2) is 70.0 Å². The molecule has 0 spiro atoms. The molecule has 4 aromatic rings. The lowest BCUT2D eigenvalue weighted by Gasteiger charge is -2.12. The van der Waals surface area contributed by atoms with Gasteiger partial charge in [-0.25, -0.2) is 19.4 Å². The van der Waals surface area contributed by atoms with E-state index in [1.807, 2.05) is 6.92 Å². The van der Waals surface area contributed by atoms with E-state index in [2.05, 4.69) is 26.9 Å². The van der Waals surface area contributed by atoms with Gasteiger partial charge in [-0.1, -0.05) is 44.6 Å². The van der Waals surface area contributed by atoms with Gasteiger partial charge in [0.25, 0.3) is 11.1 Å². The lowest BCUT2D eigenvalue weighted by atomic mass is 10.0. The molecular weight excluding hydrogens is 619 g/mol. The van der Waals surface area contributed by atoms with Gasteiger partial charge in [0.1, 0.15) is 17.1 Å². The summed E-state index contributed by atoms with van der Waals surface area (Å²) < 4.78 is 64.3. The molecule has 16 heteroatoms. The topological polar surface area (TPSA) is 124 Å². The summed E-state index contributed by atoms with van der Waals surface area (Å²) in [5.41, 5.74) is 1.43. The van der Waals surface area contributed by atoms with Crippen molar-refractivity contribution in [3.63, 3.8) is 0 Å². The molecule has 0 amide bonds.